The zero-order valence-electron chi connectivity index (χ0n) is 11.2. The second-order valence-electron chi connectivity index (χ2n) is 5.11. The molecule has 0 spiro atoms. The van der Waals surface area contributed by atoms with Crippen molar-refractivity contribution in [2.24, 2.45) is 0 Å². The Labute approximate surface area is 103 Å². The maximum absolute atomic E-state index is 5.53. The predicted octanol–water partition coefficient (Wildman–Crippen LogP) is 1.58. The highest BCUT2D eigenvalue weighted by Crippen LogP contribution is 2.04. The number of nitrogens with zero attached hydrogens (tertiary/aromatic N) is 2. The van der Waals surface area contributed by atoms with Crippen molar-refractivity contribution in [3.63, 3.8) is 0 Å². The van der Waals surface area contributed by atoms with Crippen LogP contribution in [0.3, 0.4) is 0 Å². The molecular weight excluding hydrogens is 218 g/mol. The Balaban J connectivity index is 2.26. The van der Waals surface area contributed by atoms with Crippen molar-refractivity contribution in [2.75, 3.05) is 20.3 Å². The molecule has 0 radical (unpaired) electrons. The van der Waals surface area contributed by atoms with E-state index < -0.39 is 0 Å². The van der Waals surface area contributed by atoms with Crippen molar-refractivity contribution in [1.29, 1.82) is 0 Å². The maximum atomic E-state index is 5.53. The molecule has 0 unspecified atom stereocenters. The van der Waals surface area contributed by atoms with Crippen LogP contribution in [-0.4, -0.2) is 36.0 Å². The van der Waals surface area contributed by atoms with E-state index in [9.17, 15) is 0 Å². The molecule has 1 aromatic rings. The number of aryl methyl sites for hydroxylation is 1. The van der Waals surface area contributed by atoms with Crippen LogP contribution >= 0.6 is 0 Å². The fourth-order valence-corrected chi connectivity index (χ4v) is 1.40. The lowest BCUT2D eigenvalue weighted by Crippen LogP contribution is -2.37. The number of rotatable bonds is 7. The molecule has 1 heterocycles. The molecule has 0 saturated carbocycles. The Morgan fingerprint density at radius 2 is 1.82 bits per heavy atom. The summed E-state index contributed by atoms with van der Waals surface area (Å²) in [4.78, 5) is 0. The van der Waals surface area contributed by atoms with Crippen LogP contribution in [-0.2, 0) is 17.6 Å². The van der Waals surface area contributed by atoms with Gasteiger partial charge in [-0.3, -0.25) is 0 Å². The number of aromatic nitrogens is 2. The molecular formula is C12H23N3O2. The second kappa shape index (κ2) is 6.71. The molecule has 1 aromatic heterocycles. The number of hydrogen-bond acceptors (Lipinski definition) is 5. The first-order valence-electron chi connectivity index (χ1n) is 6.06. The Hall–Kier alpha value is -0.940. The van der Waals surface area contributed by atoms with Crippen molar-refractivity contribution >= 4 is 0 Å². The van der Waals surface area contributed by atoms with Gasteiger partial charge in [0.25, 0.3) is 0 Å². The highest BCUT2D eigenvalue weighted by Gasteiger charge is 2.10. The van der Waals surface area contributed by atoms with Crippen LogP contribution in [0.25, 0.3) is 0 Å². The number of hydrogen-bond donors (Lipinski definition) is 1. The molecule has 5 heteroatoms. The molecule has 1 N–H and O–H groups in total. The lowest BCUT2D eigenvalue weighted by atomic mass is 10.1. The predicted molar refractivity (Wildman–Crippen MR) is 66.0 cm³/mol. The van der Waals surface area contributed by atoms with Gasteiger partial charge in [-0.2, -0.15) is 0 Å². The van der Waals surface area contributed by atoms with E-state index in [0.29, 0.717) is 11.8 Å². The van der Waals surface area contributed by atoms with E-state index in [4.69, 9.17) is 9.15 Å². The average Bonchev–Trinajstić information content (AvgIpc) is 2.64. The van der Waals surface area contributed by atoms with Gasteiger partial charge in [-0.05, 0) is 27.2 Å². The third-order valence-corrected chi connectivity index (χ3v) is 2.24. The lowest BCUT2D eigenvalue weighted by molar-refractivity contribution is 0.192. The van der Waals surface area contributed by atoms with Crippen molar-refractivity contribution in [3.8, 4) is 0 Å². The minimum atomic E-state index is 0.126. The van der Waals surface area contributed by atoms with E-state index >= 15 is 0 Å². The molecule has 0 amide bonds. The molecule has 0 aromatic carbocycles. The molecule has 0 aliphatic rings. The van der Waals surface area contributed by atoms with Gasteiger partial charge in [0.2, 0.25) is 11.8 Å². The Morgan fingerprint density at radius 3 is 2.41 bits per heavy atom. The van der Waals surface area contributed by atoms with Crippen molar-refractivity contribution in [2.45, 2.75) is 45.6 Å². The van der Waals surface area contributed by atoms with Crippen LogP contribution in [0, 0.1) is 0 Å². The summed E-state index contributed by atoms with van der Waals surface area (Å²) in [6.07, 6.45) is 2.47. The molecule has 0 bridgehead atoms. The largest absolute Gasteiger partial charge is 0.425 e. The fourth-order valence-electron chi connectivity index (χ4n) is 1.40. The Kier molecular flexibility index (Phi) is 5.58. The van der Waals surface area contributed by atoms with E-state index in [0.717, 1.165) is 32.4 Å². The van der Waals surface area contributed by atoms with E-state index in [2.05, 4.69) is 36.3 Å². The monoisotopic (exact) mass is 241 g/mol. The van der Waals surface area contributed by atoms with Gasteiger partial charge < -0.3 is 14.5 Å². The molecule has 17 heavy (non-hydrogen) atoms. The summed E-state index contributed by atoms with van der Waals surface area (Å²) in [7, 11) is 1.69. The van der Waals surface area contributed by atoms with Gasteiger partial charge in [0.05, 0.1) is 0 Å². The molecule has 0 fully saturated rings. The van der Waals surface area contributed by atoms with Gasteiger partial charge in [-0.15, -0.1) is 10.2 Å². The average molecular weight is 241 g/mol. The summed E-state index contributed by atoms with van der Waals surface area (Å²) >= 11 is 0. The van der Waals surface area contributed by atoms with Gasteiger partial charge in [-0.25, -0.2) is 0 Å². The Morgan fingerprint density at radius 1 is 1.18 bits per heavy atom. The SMILES string of the molecule is COCCCc1nnc(CCNC(C)(C)C)o1. The van der Waals surface area contributed by atoms with Crippen LogP contribution in [0.4, 0.5) is 0 Å². The van der Waals surface area contributed by atoms with Crippen molar-refractivity contribution < 1.29 is 9.15 Å². The summed E-state index contributed by atoms with van der Waals surface area (Å²) in [6, 6.07) is 0. The van der Waals surface area contributed by atoms with Gasteiger partial charge in [-0.1, -0.05) is 0 Å². The number of nitrogens with one attached hydrogen (secondary N) is 1. The molecule has 0 aliphatic heterocycles. The second-order valence-corrected chi connectivity index (χ2v) is 5.11. The van der Waals surface area contributed by atoms with Crippen LogP contribution in [0.5, 0.6) is 0 Å². The van der Waals surface area contributed by atoms with E-state index in [-0.39, 0.29) is 5.54 Å². The minimum absolute atomic E-state index is 0.126. The standard InChI is InChI=1S/C12H23N3O2/c1-12(2,3)13-8-7-11-15-14-10(17-11)6-5-9-16-4/h13H,5-9H2,1-4H3. The zero-order valence-corrected chi connectivity index (χ0v) is 11.2. The molecule has 5 nitrogen and oxygen atoms in total. The Bertz CT molecular complexity index is 318. The quantitative estimate of drug-likeness (QED) is 0.734. The molecule has 1 rings (SSSR count). The van der Waals surface area contributed by atoms with Gasteiger partial charge in [0.1, 0.15) is 0 Å². The van der Waals surface area contributed by atoms with Gasteiger partial charge >= 0.3 is 0 Å². The summed E-state index contributed by atoms with van der Waals surface area (Å²) in [6.45, 7) is 7.98. The molecule has 0 saturated heterocycles. The van der Waals surface area contributed by atoms with Crippen molar-refractivity contribution in [1.82, 2.24) is 15.5 Å². The van der Waals surface area contributed by atoms with Crippen LogP contribution in [0.1, 0.15) is 39.0 Å². The normalized spacial score (nSPS) is 12.0. The van der Waals surface area contributed by atoms with Crippen LogP contribution < -0.4 is 5.32 Å². The summed E-state index contributed by atoms with van der Waals surface area (Å²) < 4.78 is 10.5. The van der Waals surface area contributed by atoms with Crippen molar-refractivity contribution in [3.05, 3.63) is 11.8 Å². The van der Waals surface area contributed by atoms with Crippen LogP contribution in [0.15, 0.2) is 4.42 Å². The summed E-state index contributed by atoms with van der Waals surface area (Å²) in [5.74, 6) is 1.40. The zero-order chi connectivity index (χ0) is 12.7. The first kappa shape index (κ1) is 14.1. The van der Waals surface area contributed by atoms with Crippen LogP contribution in [0.2, 0.25) is 0 Å². The molecule has 0 aliphatic carbocycles. The van der Waals surface area contributed by atoms with E-state index in [1.807, 2.05) is 0 Å². The molecule has 98 valence electrons. The highest BCUT2D eigenvalue weighted by molar-refractivity contribution is 4.84. The molecule has 0 atom stereocenters. The number of methoxy groups -OCH3 is 1. The topological polar surface area (TPSA) is 60.2 Å². The third kappa shape index (κ3) is 6.38. The smallest absolute Gasteiger partial charge is 0.217 e. The number of ether oxygens (including phenoxy) is 1. The fraction of sp³-hybridized carbons (Fsp3) is 0.833. The minimum Gasteiger partial charge on any atom is -0.425 e. The lowest BCUT2D eigenvalue weighted by Gasteiger charge is -2.19. The first-order chi connectivity index (χ1) is 8.01. The summed E-state index contributed by atoms with van der Waals surface area (Å²) in [5, 5.41) is 11.4. The summed E-state index contributed by atoms with van der Waals surface area (Å²) in [5.41, 5.74) is 0.126. The highest BCUT2D eigenvalue weighted by atomic mass is 16.5. The van der Waals surface area contributed by atoms with E-state index in [1.54, 1.807) is 7.11 Å². The van der Waals surface area contributed by atoms with Gasteiger partial charge in [0.15, 0.2) is 0 Å². The first-order valence-corrected chi connectivity index (χ1v) is 6.06. The maximum Gasteiger partial charge on any atom is 0.217 e. The van der Waals surface area contributed by atoms with E-state index in [1.165, 1.54) is 0 Å². The van der Waals surface area contributed by atoms with Gasteiger partial charge in [0, 0.05) is 38.6 Å². The third-order valence-electron chi connectivity index (χ3n) is 2.24.